The summed E-state index contributed by atoms with van der Waals surface area (Å²) in [5, 5.41) is 9.97. The molecular formula is C17H27NO. The summed E-state index contributed by atoms with van der Waals surface area (Å²) in [5.41, 5.74) is 1.20. The van der Waals surface area contributed by atoms with E-state index in [1.54, 1.807) is 0 Å². The fourth-order valence-corrected chi connectivity index (χ4v) is 2.73. The van der Waals surface area contributed by atoms with E-state index in [1.165, 1.54) is 12.0 Å². The zero-order valence-electron chi connectivity index (χ0n) is 12.5. The van der Waals surface area contributed by atoms with Crippen LogP contribution in [0.1, 0.15) is 45.6 Å². The van der Waals surface area contributed by atoms with E-state index in [0.717, 1.165) is 32.5 Å². The highest BCUT2D eigenvalue weighted by atomic mass is 16.3. The molecule has 1 N–H and O–H groups in total. The van der Waals surface area contributed by atoms with Crippen LogP contribution in [0.15, 0.2) is 30.3 Å². The van der Waals surface area contributed by atoms with Crippen LogP contribution >= 0.6 is 0 Å². The van der Waals surface area contributed by atoms with Gasteiger partial charge >= 0.3 is 0 Å². The minimum Gasteiger partial charge on any atom is -0.390 e. The average molecular weight is 261 g/mol. The predicted octanol–water partition coefficient (Wildman–Crippen LogP) is 3.20. The highest BCUT2D eigenvalue weighted by Crippen LogP contribution is 2.28. The van der Waals surface area contributed by atoms with Gasteiger partial charge in [0.15, 0.2) is 0 Å². The molecule has 1 fully saturated rings. The Balaban J connectivity index is 1.85. The van der Waals surface area contributed by atoms with Gasteiger partial charge < -0.3 is 10.0 Å². The van der Waals surface area contributed by atoms with Gasteiger partial charge in [-0.05, 0) is 43.7 Å². The van der Waals surface area contributed by atoms with E-state index in [-0.39, 0.29) is 5.41 Å². The van der Waals surface area contributed by atoms with Crippen LogP contribution in [0.25, 0.3) is 0 Å². The number of aliphatic hydroxyl groups is 1. The molecule has 19 heavy (non-hydrogen) atoms. The molecule has 0 aromatic heterocycles. The first-order chi connectivity index (χ1) is 8.89. The minimum absolute atomic E-state index is 0.223. The molecule has 0 spiro atoms. The van der Waals surface area contributed by atoms with Crippen LogP contribution in [0.4, 0.5) is 0 Å². The number of piperidine rings is 1. The lowest BCUT2D eigenvalue weighted by Crippen LogP contribution is -2.43. The molecule has 1 heterocycles. The first kappa shape index (κ1) is 14.5. The van der Waals surface area contributed by atoms with Crippen LogP contribution in [0.2, 0.25) is 0 Å². The monoisotopic (exact) mass is 261 g/mol. The Hall–Kier alpha value is -0.860. The van der Waals surface area contributed by atoms with Crippen LogP contribution in [0.5, 0.6) is 0 Å². The summed E-state index contributed by atoms with van der Waals surface area (Å²) in [5.74, 6) is 0. The van der Waals surface area contributed by atoms with Gasteiger partial charge in [-0.3, -0.25) is 0 Å². The van der Waals surface area contributed by atoms with E-state index in [2.05, 4.69) is 49.1 Å². The molecule has 0 radical (unpaired) electrons. The van der Waals surface area contributed by atoms with Crippen molar-refractivity contribution in [3.05, 3.63) is 35.9 Å². The van der Waals surface area contributed by atoms with Crippen molar-refractivity contribution >= 4 is 0 Å². The Morgan fingerprint density at radius 2 is 1.74 bits per heavy atom. The molecule has 2 nitrogen and oxygen atoms in total. The Bertz CT molecular complexity index is 387. The Labute approximate surface area is 117 Å². The summed E-state index contributed by atoms with van der Waals surface area (Å²) >= 11 is 0. The molecule has 1 saturated heterocycles. The van der Waals surface area contributed by atoms with E-state index in [1.807, 2.05) is 6.92 Å². The topological polar surface area (TPSA) is 23.5 Å². The number of hydrogen-bond donors (Lipinski definition) is 1. The Kier molecular flexibility index (Phi) is 4.32. The molecule has 106 valence electrons. The van der Waals surface area contributed by atoms with Crippen molar-refractivity contribution in [1.29, 1.82) is 0 Å². The van der Waals surface area contributed by atoms with Crippen molar-refractivity contribution < 1.29 is 5.11 Å². The summed E-state index contributed by atoms with van der Waals surface area (Å²) in [4.78, 5) is 2.49. The molecule has 2 heteroatoms. The highest BCUT2D eigenvalue weighted by molar-refractivity contribution is 5.23. The normalized spacial score (nSPS) is 20.4. The van der Waals surface area contributed by atoms with Crippen molar-refractivity contribution in [2.45, 2.75) is 51.0 Å². The molecule has 0 unspecified atom stereocenters. The maximum absolute atomic E-state index is 9.97. The number of benzene rings is 1. The lowest BCUT2D eigenvalue weighted by Gasteiger charge is -2.37. The fourth-order valence-electron chi connectivity index (χ4n) is 2.73. The third kappa shape index (κ3) is 4.05. The van der Waals surface area contributed by atoms with Crippen molar-refractivity contribution in [3.63, 3.8) is 0 Å². The van der Waals surface area contributed by atoms with Crippen molar-refractivity contribution in [2.75, 3.05) is 19.6 Å². The number of rotatable bonds is 4. The maximum Gasteiger partial charge on any atom is 0.0644 e. The minimum atomic E-state index is -0.439. The molecule has 1 aliphatic heterocycles. The maximum atomic E-state index is 9.97. The van der Waals surface area contributed by atoms with Gasteiger partial charge in [-0.25, -0.2) is 0 Å². The zero-order valence-corrected chi connectivity index (χ0v) is 12.5. The van der Waals surface area contributed by atoms with Gasteiger partial charge in [-0.1, -0.05) is 44.2 Å². The van der Waals surface area contributed by atoms with Crippen LogP contribution < -0.4 is 0 Å². The second kappa shape index (κ2) is 5.64. The predicted molar refractivity (Wildman–Crippen MR) is 80.4 cm³/mol. The zero-order chi connectivity index (χ0) is 13.9. The van der Waals surface area contributed by atoms with Gasteiger partial charge in [0.05, 0.1) is 5.60 Å². The molecule has 1 aromatic rings. The second-order valence-corrected chi connectivity index (χ2v) is 6.84. The van der Waals surface area contributed by atoms with Crippen molar-refractivity contribution in [2.24, 2.45) is 0 Å². The summed E-state index contributed by atoms with van der Waals surface area (Å²) in [6, 6.07) is 10.8. The molecule has 0 aliphatic carbocycles. The van der Waals surface area contributed by atoms with E-state index >= 15 is 0 Å². The largest absolute Gasteiger partial charge is 0.390 e. The first-order valence-electron chi connectivity index (χ1n) is 7.39. The van der Waals surface area contributed by atoms with E-state index in [4.69, 9.17) is 0 Å². The number of likely N-dealkylation sites (tertiary alicyclic amines) is 1. The van der Waals surface area contributed by atoms with Crippen LogP contribution in [-0.2, 0) is 5.41 Å². The average Bonchev–Trinajstić information content (AvgIpc) is 2.39. The van der Waals surface area contributed by atoms with Crippen molar-refractivity contribution in [1.82, 2.24) is 4.90 Å². The molecular weight excluding hydrogens is 234 g/mol. The van der Waals surface area contributed by atoms with E-state index in [9.17, 15) is 5.11 Å². The molecule has 1 aromatic carbocycles. The summed E-state index contributed by atoms with van der Waals surface area (Å²) < 4.78 is 0. The van der Waals surface area contributed by atoms with Gasteiger partial charge in [0.2, 0.25) is 0 Å². The summed E-state index contributed by atoms with van der Waals surface area (Å²) in [7, 11) is 0. The molecule has 0 atom stereocenters. The SMILES string of the molecule is CC1(O)CCN(CCC(C)(C)c2ccccc2)CC1. The molecule has 0 saturated carbocycles. The van der Waals surface area contributed by atoms with Crippen LogP contribution in [0, 0.1) is 0 Å². The standard InChI is InChI=1S/C17H27NO/c1-16(2,15-7-5-4-6-8-15)9-12-18-13-10-17(3,19)11-14-18/h4-8,19H,9-14H2,1-3H3. The Morgan fingerprint density at radius 3 is 2.32 bits per heavy atom. The van der Waals surface area contributed by atoms with E-state index in [0.29, 0.717) is 0 Å². The number of hydrogen-bond acceptors (Lipinski definition) is 2. The third-order valence-electron chi connectivity index (χ3n) is 4.54. The summed E-state index contributed by atoms with van der Waals surface area (Å²) in [6.45, 7) is 9.77. The second-order valence-electron chi connectivity index (χ2n) is 6.84. The fraction of sp³-hybridized carbons (Fsp3) is 0.647. The lowest BCUT2D eigenvalue weighted by atomic mass is 9.81. The van der Waals surface area contributed by atoms with Gasteiger partial charge in [0.25, 0.3) is 0 Å². The molecule has 2 rings (SSSR count). The van der Waals surface area contributed by atoms with Gasteiger partial charge in [-0.2, -0.15) is 0 Å². The van der Waals surface area contributed by atoms with Gasteiger partial charge in [0.1, 0.15) is 0 Å². The van der Waals surface area contributed by atoms with Crippen LogP contribution in [0.3, 0.4) is 0 Å². The quantitative estimate of drug-likeness (QED) is 0.899. The first-order valence-corrected chi connectivity index (χ1v) is 7.39. The molecule has 0 bridgehead atoms. The van der Waals surface area contributed by atoms with Gasteiger partial charge in [-0.15, -0.1) is 0 Å². The third-order valence-corrected chi connectivity index (χ3v) is 4.54. The summed E-state index contributed by atoms with van der Waals surface area (Å²) in [6.07, 6.45) is 2.97. The number of nitrogens with zero attached hydrogens (tertiary/aromatic N) is 1. The van der Waals surface area contributed by atoms with Crippen molar-refractivity contribution in [3.8, 4) is 0 Å². The molecule has 1 aliphatic rings. The van der Waals surface area contributed by atoms with Gasteiger partial charge in [0, 0.05) is 13.1 Å². The van der Waals surface area contributed by atoms with E-state index < -0.39 is 5.60 Å². The Morgan fingerprint density at radius 1 is 1.16 bits per heavy atom. The highest BCUT2D eigenvalue weighted by Gasteiger charge is 2.28. The lowest BCUT2D eigenvalue weighted by molar-refractivity contribution is -0.00642. The molecule has 0 amide bonds. The smallest absolute Gasteiger partial charge is 0.0644 e. The van der Waals surface area contributed by atoms with Crippen LogP contribution in [-0.4, -0.2) is 35.2 Å².